The minimum absolute atomic E-state index is 0.147. The lowest BCUT2D eigenvalue weighted by molar-refractivity contribution is -0.227. The second kappa shape index (κ2) is 6.80. The summed E-state index contributed by atoms with van der Waals surface area (Å²) in [6.45, 7) is 2.52. The predicted octanol–water partition coefficient (Wildman–Crippen LogP) is 4.90. The molecule has 1 atom stereocenters. The third-order valence-corrected chi connectivity index (χ3v) is 5.52. The summed E-state index contributed by atoms with van der Waals surface area (Å²) in [6.07, 6.45) is -1.09. The molecule has 1 aliphatic rings. The van der Waals surface area contributed by atoms with E-state index in [1.165, 1.54) is 11.3 Å². The maximum atomic E-state index is 13.8. The van der Waals surface area contributed by atoms with E-state index in [1.54, 1.807) is 11.1 Å². The lowest BCUT2D eigenvalue weighted by Crippen LogP contribution is -2.54. The van der Waals surface area contributed by atoms with Gasteiger partial charge >= 0.3 is 6.18 Å². The van der Waals surface area contributed by atoms with Gasteiger partial charge in [0.25, 0.3) is 0 Å². The minimum Gasteiger partial charge on any atom is -0.284 e. The van der Waals surface area contributed by atoms with Crippen LogP contribution in [0, 0.1) is 0 Å². The molecule has 2 aromatic heterocycles. The Morgan fingerprint density at radius 3 is 2.83 bits per heavy atom. The molecule has 3 rings (SSSR count). The summed E-state index contributed by atoms with van der Waals surface area (Å²) < 4.78 is 41.3. The van der Waals surface area contributed by atoms with Crippen LogP contribution in [0.4, 0.5) is 13.2 Å². The molecule has 130 valence electrons. The van der Waals surface area contributed by atoms with E-state index in [4.69, 9.17) is 0 Å². The second-order valence-electron chi connectivity index (χ2n) is 6.16. The van der Waals surface area contributed by atoms with Gasteiger partial charge in [-0.1, -0.05) is 19.4 Å². The molecule has 0 aliphatic carbocycles. The Morgan fingerprint density at radius 2 is 2.17 bits per heavy atom. The molecular weight excluding hydrogens is 335 g/mol. The SMILES string of the molecule is CCC[C@]1(C(F)(F)F)CCCN1Cc1csc(-c2ccccn2)n1. The lowest BCUT2D eigenvalue weighted by Gasteiger charge is -2.39. The summed E-state index contributed by atoms with van der Waals surface area (Å²) in [5.41, 5.74) is -0.255. The second-order valence-corrected chi connectivity index (χ2v) is 7.02. The molecule has 24 heavy (non-hydrogen) atoms. The Morgan fingerprint density at radius 1 is 1.33 bits per heavy atom. The first-order valence-corrected chi connectivity index (χ1v) is 9.02. The highest BCUT2D eigenvalue weighted by Crippen LogP contribution is 2.46. The molecule has 2 aromatic rings. The van der Waals surface area contributed by atoms with Crippen molar-refractivity contribution in [3.63, 3.8) is 0 Å². The van der Waals surface area contributed by atoms with E-state index in [0.29, 0.717) is 25.1 Å². The van der Waals surface area contributed by atoms with E-state index < -0.39 is 11.7 Å². The Bertz CT molecular complexity index is 671. The zero-order chi connectivity index (χ0) is 17.2. The molecule has 0 unspecified atom stereocenters. The third-order valence-electron chi connectivity index (χ3n) is 4.60. The normalized spacial score (nSPS) is 22.2. The van der Waals surface area contributed by atoms with Crippen LogP contribution in [0.25, 0.3) is 10.7 Å². The van der Waals surface area contributed by atoms with E-state index in [-0.39, 0.29) is 19.4 Å². The average molecular weight is 355 g/mol. The van der Waals surface area contributed by atoms with Crippen molar-refractivity contribution in [2.45, 2.75) is 50.9 Å². The fraction of sp³-hybridized carbons (Fsp3) is 0.529. The first kappa shape index (κ1) is 17.4. The van der Waals surface area contributed by atoms with Gasteiger partial charge in [0.2, 0.25) is 0 Å². The van der Waals surface area contributed by atoms with Crippen LogP contribution >= 0.6 is 11.3 Å². The summed E-state index contributed by atoms with van der Waals surface area (Å²) in [6, 6.07) is 5.56. The van der Waals surface area contributed by atoms with Gasteiger partial charge < -0.3 is 0 Å². The predicted molar refractivity (Wildman–Crippen MR) is 88.7 cm³/mol. The Labute approximate surface area is 143 Å². The van der Waals surface area contributed by atoms with Crippen LogP contribution in [0.2, 0.25) is 0 Å². The Kier molecular flexibility index (Phi) is 4.92. The minimum atomic E-state index is -4.21. The molecule has 0 amide bonds. The van der Waals surface area contributed by atoms with Crippen molar-refractivity contribution < 1.29 is 13.2 Å². The first-order chi connectivity index (χ1) is 11.5. The van der Waals surface area contributed by atoms with Gasteiger partial charge in [-0.3, -0.25) is 9.88 Å². The van der Waals surface area contributed by atoms with Gasteiger partial charge in [0.05, 0.1) is 11.4 Å². The maximum absolute atomic E-state index is 13.8. The number of alkyl halides is 3. The maximum Gasteiger partial charge on any atom is 0.406 e. The number of pyridine rings is 1. The standard InChI is InChI=1S/C17H20F3N3S/c1-2-7-16(17(18,19)20)8-5-10-23(16)11-13-12-24-15(22-13)14-6-3-4-9-21-14/h3-4,6,9,12H,2,5,7-8,10-11H2,1H3/t16-/m1/s1. The zero-order valence-electron chi connectivity index (χ0n) is 13.5. The first-order valence-electron chi connectivity index (χ1n) is 8.14. The van der Waals surface area contributed by atoms with Crippen molar-refractivity contribution in [2.24, 2.45) is 0 Å². The molecule has 0 spiro atoms. The smallest absolute Gasteiger partial charge is 0.284 e. The largest absolute Gasteiger partial charge is 0.406 e. The van der Waals surface area contributed by atoms with Crippen LogP contribution in [0.5, 0.6) is 0 Å². The van der Waals surface area contributed by atoms with Crippen LogP contribution in [0.15, 0.2) is 29.8 Å². The van der Waals surface area contributed by atoms with Gasteiger partial charge in [0, 0.05) is 18.1 Å². The number of nitrogens with zero attached hydrogens (tertiary/aromatic N) is 3. The molecule has 0 bridgehead atoms. The number of halogens is 3. The van der Waals surface area contributed by atoms with Gasteiger partial charge in [-0.25, -0.2) is 4.98 Å². The van der Waals surface area contributed by atoms with E-state index in [1.807, 2.05) is 30.5 Å². The number of hydrogen-bond donors (Lipinski definition) is 0. The molecule has 0 N–H and O–H groups in total. The van der Waals surface area contributed by atoms with Crippen LogP contribution in [0.1, 0.15) is 38.3 Å². The van der Waals surface area contributed by atoms with Crippen LogP contribution in [-0.4, -0.2) is 33.1 Å². The van der Waals surface area contributed by atoms with Gasteiger partial charge in [-0.15, -0.1) is 11.3 Å². The topological polar surface area (TPSA) is 29.0 Å². The average Bonchev–Trinajstić information content (AvgIpc) is 3.17. The van der Waals surface area contributed by atoms with Crippen molar-refractivity contribution in [1.82, 2.24) is 14.9 Å². The van der Waals surface area contributed by atoms with Crippen molar-refractivity contribution in [2.75, 3.05) is 6.54 Å². The number of rotatable bonds is 5. The molecule has 1 saturated heterocycles. The van der Waals surface area contributed by atoms with E-state index in [0.717, 1.165) is 10.7 Å². The monoisotopic (exact) mass is 355 g/mol. The molecule has 1 aliphatic heterocycles. The molecule has 3 heterocycles. The summed E-state index contributed by atoms with van der Waals surface area (Å²) in [5.74, 6) is 0. The van der Waals surface area contributed by atoms with E-state index in [9.17, 15) is 13.2 Å². The van der Waals surface area contributed by atoms with Gasteiger partial charge in [0.1, 0.15) is 10.5 Å². The summed E-state index contributed by atoms with van der Waals surface area (Å²) in [4.78, 5) is 10.3. The number of aromatic nitrogens is 2. The number of thiazole rings is 1. The molecule has 7 heteroatoms. The lowest BCUT2D eigenvalue weighted by atomic mass is 9.89. The molecule has 0 radical (unpaired) electrons. The third kappa shape index (κ3) is 3.19. The highest BCUT2D eigenvalue weighted by molar-refractivity contribution is 7.13. The molecule has 0 aromatic carbocycles. The van der Waals surface area contributed by atoms with E-state index in [2.05, 4.69) is 9.97 Å². The van der Waals surface area contributed by atoms with Crippen molar-refractivity contribution in [1.29, 1.82) is 0 Å². The van der Waals surface area contributed by atoms with Crippen molar-refractivity contribution >= 4 is 11.3 Å². The van der Waals surface area contributed by atoms with Crippen LogP contribution in [-0.2, 0) is 6.54 Å². The quantitative estimate of drug-likeness (QED) is 0.764. The molecule has 1 fully saturated rings. The van der Waals surface area contributed by atoms with Gasteiger partial charge in [0.15, 0.2) is 0 Å². The van der Waals surface area contributed by atoms with Gasteiger partial charge in [-0.2, -0.15) is 13.2 Å². The fourth-order valence-electron chi connectivity index (χ4n) is 3.51. The zero-order valence-corrected chi connectivity index (χ0v) is 14.3. The van der Waals surface area contributed by atoms with Crippen LogP contribution in [0.3, 0.4) is 0 Å². The van der Waals surface area contributed by atoms with Crippen molar-refractivity contribution in [3.8, 4) is 10.7 Å². The van der Waals surface area contributed by atoms with Crippen molar-refractivity contribution in [3.05, 3.63) is 35.5 Å². The Balaban J connectivity index is 1.81. The summed E-state index contributed by atoms with van der Waals surface area (Å²) in [5, 5.41) is 2.59. The number of likely N-dealkylation sites (tertiary alicyclic amines) is 1. The Hall–Kier alpha value is -1.47. The van der Waals surface area contributed by atoms with Gasteiger partial charge in [-0.05, 0) is 37.9 Å². The molecule has 0 saturated carbocycles. The molecular formula is C17H20F3N3S. The van der Waals surface area contributed by atoms with Crippen LogP contribution < -0.4 is 0 Å². The summed E-state index contributed by atoms with van der Waals surface area (Å²) in [7, 11) is 0. The number of hydrogen-bond acceptors (Lipinski definition) is 4. The molecule has 3 nitrogen and oxygen atoms in total. The fourth-order valence-corrected chi connectivity index (χ4v) is 4.29. The highest BCUT2D eigenvalue weighted by Gasteiger charge is 2.59. The van der Waals surface area contributed by atoms with E-state index >= 15 is 0 Å². The highest BCUT2D eigenvalue weighted by atomic mass is 32.1. The summed E-state index contributed by atoms with van der Waals surface area (Å²) >= 11 is 1.43.